The van der Waals surface area contributed by atoms with Crippen LogP contribution in [0.3, 0.4) is 0 Å². The van der Waals surface area contributed by atoms with E-state index >= 15 is 0 Å². The smallest absolute Gasteiger partial charge is 0.407 e. The van der Waals surface area contributed by atoms with Gasteiger partial charge in [0.05, 0.1) is 17.3 Å². The van der Waals surface area contributed by atoms with Gasteiger partial charge in [0.25, 0.3) is 0 Å². The first-order valence-electron chi connectivity index (χ1n) is 5.59. The second-order valence-corrected chi connectivity index (χ2v) is 5.49. The Kier molecular flexibility index (Phi) is 3.35. The van der Waals surface area contributed by atoms with Crippen molar-refractivity contribution in [1.82, 2.24) is 9.88 Å². The summed E-state index contributed by atoms with van der Waals surface area (Å²) in [6.07, 6.45) is 0.734. The lowest BCUT2D eigenvalue weighted by molar-refractivity contribution is 0.119. The molecule has 1 aliphatic heterocycles. The summed E-state index contributed by atoms with van der Waals surface area (Å²) in [6, 6.07) is 0. The number of aromatic nitrogens is 1. The molecule has 0 aliphatic carbocycles. The Hall–Kier alpha value is -1.14. The van der Waals surface area contributed by atoms with Crippen molar-refractivity contribution in [2.24, 2.45) is 0 Å². The highest BCUT2D eigenvalue weighted by molar-refractivity contribution is 7.09. The molecule has 2 rings (SSSR count). The summed E-state index contributed by atoms with van der Waals surface area (Å²) >= 11 is 1.55. The first-order chi connectivity index (χ1) is 8.05. The number of aliphatic hydroxyl groups excluding tert-OH is 1. The van der Waals surface area contributed by atoms with Crippen LogP contribution in [-0.4, -0.2) is 39.3 Å². The molecule has 1 aromatic heterocycles. The minimum absolute atomic E-state index is 0.0339. The van der Waals surface area contributed by atoms with Crippen LogP contribution in [-0.2, 0) is 12.0 Å². The fraction of sp³-hybridized carbons (Fsp3) is 0.636. The third kappa shape index (κ3) is 2.42. The minimum atomic E-state index is -0.845. The van der Waals surface area contributed by atoms with Crippen LogP contribution in [0.1, 0.15) is 30.5 Å². The Labute approximate surface area is 104 Å². The first-order valence-corrected chi connectivity index (χ1v) is 6.47. The van der Waals surface area contributed by atoms with E-state index in [0.717, 1.165) is 17.8 Å². The number of carboxylic acid groups (broad SMARTS) is 1. The van der Waals surface area contributed by atoms with Crippen LogP contribution in [0, 0.1) is 0 Å². The summed E-state index contributed by atoms with van der Waals surface area (Å²) in [5.41, 5.74) is 0.649. The molecule has 0 atom stereocenters. The van der Waals surface area contributed by atoms with E-state index in [2.05, 4.69) is 11.9 Å². The number of hydrogen-bond donors (Lipinski definition) is 2. The van der Waals surface area contributed by atoms with Gasteiger partial charge in [-0.05, 0) is 12.8 Å². The average molecular weight is 256 g/mol. The maximum Gasteiger partial charge on any atom is 0.407 e. The van der Waals surface area contributed by atoms with Crippen LogP contribution in [0.25, 0.3) is 0 Å². The van der Waals surface area contributed by atoms with E-state index in [9.17, 15) is 4.79 Å². The van der Waals surface area contributed by atoms with Gasteiger partial charge in [0.15, 0.2) is 0 Å². The quantitative estimate of drug-likeness (QED) is 0.844. The van der Waals surface area contributed by atoms with Gasteiger partial charge < -0.3 is 15.1 Å². The number of thiazole rings is 1. The number of carbonyl (C=O) groups is 1. The van der Waals surface area contributed by atoms with E-state index in [1.165, 1.54) is 4.90 Å². The predicted octanol–water partition coefficient (Wildman–Crippen LogP) is 1.67. The van der Waals surface area contributed by atoms with Gasteiger partial charge in [-0.1, -0.05) is 6.92 Å². The fourth-order valence-corrected chi connectivity index (χ4v) is 3.10. The molecule has 1 amide bonds. The van der Waals surface area contributed by atoms with Gasteiger partial charge in [0.2, 0.25) is 0 Å². The lowest BCUT2D eigenvalue weighted by Gasteiger charge is -2.36. The third-order valence-electron chi connectivity index (χ3n) is 3.37. The van der Waals surface area contributed by atoms with Crippen LogP contribution in [0.5, 0.6) is 0 Å². The van der Waals surface area contributed by atoms with Crippen molar-refractivity contribution in [1.29, 1.82) is 0 Å². The molecule has 1 fully saturated rings. The van der Waals surface area contributed by atoms with Crippen molar-refractivity contribution in [3.8, 4) is 0 Å². The van der Waals surface area contributed by atoms with Gasteiger partial charge in [-0.25, -0.2) is 9.78 Å². The van der Waals surface area contributed by atoms with E-state index in [0.29, 0.717) is 18.8 Å². The second kappa shape index (κ2) is 4.62. The van der Waals surface area contributed by atoms with Gasteiger partial charge in [-0.2, -0.15) is 0 Å². The Morgan fingerprint density at radius 3 is 2.71 bits per heavy atom. The van der Waals surface area contributed by atoms with Gasteiger partial charge in [0, 0.05) is 23.9 Å². The molecule has 17 heavy (non-hydrogen) atoms. The highest BCUT2D eigenvalue weighted by Crippen LogP contribution is 2.36. The number of amides is 1. The molecule has 0 radical (unpaired) electrons. The molecule has 0 unspecified atom stereocenters. The molecular weight excluding hydrogens is 240 g/mol. The highest BCUT2D eigenvalue weighted by atomic mass is 32.1. The largest absolute Gasteiger partial charge is 0.465 e. The number of nitrogens with zero attached hydrogens (tertiary/aromatic N) is 2. The summed E-state index contributed by atoms with van der Waals surface area (Å²) in [6.45, 7) is 3.19. The van der Waals surface area contributed by atoms with Crippen LogP contribution < -0.4 is 0 Å². The molecule has 2 N–H and O–H groups in total. The SMILES string of the molecule is CC1(c2nc(CO)cs2)CCN(C(=O)O)CC1. The van der Waals surface area contributed by atoms with Gasteiger partial charge in [-0.15, -0.1) is 11.3 Å². The molecule has 2 heterocycles. The van der Waals surface area contributed by atoms with Gasteiger partial charge in [0.1, 0.15) is 0 Å². The second-order valence-electron chi connectivity index (χ2n) is 4.63. The van der Waals surface area contributed by atoms with Crippen molar-refractivity contribution in [2.75, 3.05) is 13.1 Å². The number of aliphatic hydroxyl groups is 1. The summed E-state index contributed by atoms with van der Waals surface area (Å²) in [5, 5.41) is 20.8. The van der Waals surface area contributed by atoms with Gasteiger partial charge in [-0.3, -0.25) is 0 Å². The Morgan fingerprint density at radius 1 is 1.59 bits per heavy atom. The molecule has 1 aromatic rings. The zero-order valence-corrected chi connectivity index (χ0v) is 10.5. The molecule has 0 bridgehead atoms. The van der Waals surface area contributed by atoms with Crippen molar-refractivity contribution < 1.29 is 15.0 Å². The number of rotatable bonds is 2. The maximum atomic E-state index is 10.8. The number of piperidine rings is 1. The number of hydrogen-bond acceptors (Lipinski definition) is 4. The summed E-state index contributed by atoms with van der Waals surface area (Å²) in [7, 11) is 0. The van der Waals surface area contributed by atoms with Crippen LogP contribution >= 0.6 is 11.3 Å². The topological polar surface area (TPSA) is 73.7 Å². The van der Waals surface area contributed by atoms with Crippen LogP contribution in [0.15, 0.2) is 5.38 Å². The Bertz CT molecular complexity index is 411. The minimum Gasteiger partial charge on any atom is -0.465 e. The van der Waals surface area contributed by atoms with E-state index in [1.807, 2.05) is 5.38 Å². The standard InChI is InChI=1S/C11H16N2O3S/c1-11(9-12-8(6-14)7-17-9)2-4-13(5-3-11)10(15)16/h7,14H,2-6H2,1H3,(H,15,16). The lowest BCUT2D eigenvalue weighted by Crippen LogP contribution is -2.43. The van der Waals surface area contributed by atoms with Crippen molar-refractivity contribution in [3.05, 3.63) is 16.1 Å². The van der Waals surface area contributed by atoms with E-state index in [1.54, 1.807) is 11.3 Å². The average Bonchev–Trinajstić information content (AvgIpc) is 2.78. The van der Waals surface area contributed by atoms with Crippen LogP contribution in [0.2, 0.25) is 0 Å². The zero-order chi connectivity index (χ0) is 12.5. The molecule has 5 nitrogen and oxygen atoms in total. The molecular formula is C11H16N2O3S. The highest BCUT2D eigenvalue weighted by Gasteiger charge is 2.35. The monoisotopic (exact) mass is 256 g/mol. The van der Waals surface area contributed by atoms with Gasteiger partial charge >= 0.3 is 6.09 Å². The van der Waals surface area contributed by atoms with Crippen LogP contribution in [0.4, 0.5) is 4.79 Å². The molecule has 1 saturated heterocycles. The van der Waals surface area contributed by atoms with E-state index in [-0.39, 0.29) is 12.0 Å². The summed E-state index contributed by atoms with van der Waals surface area (Å²) < 4.78 is 0. The summed E-state index contributed by atoms with van der Waals surface area (Å²) in [5.74, 6) is 0. The van der Waals surface area contributed by atoms with Crippen molar-refractivity contribution in [2.45, 2.75) is 31.8 Å². The Balaban J connectivity index is 2.08. The van der Waals surface area contributed by atoms with E-state index < -0.39 is 6.09 Å². The molecule has 0 spiro atoms. The zero-order valence-electron chi connectivity index (χ0n) is 9.72. The molecule has 94 valence electrons. The molecule has 0 aromatic carbocycles. The fourth-order valence-electron chi connectivity index (χ4n) is 2.06. The molecule has 1 aliphatic rings. The van der Waals surface area contributed by atoms with E-state index in [4.69, 9.17) is 10.2 Å². The Morgan fingerprint density at radius 2 is 2.24 bits per heavy atom. The third-order valence-corrected chi connectivity index (χ3v) is 4.56. The number of likely N-dealkylation sites (tertiary alicyclic amines) is 1. The lowest BCUT2D eigenvalue weighted by atomic mass is 9.81. The predicted molar refractivity (Wildman–Crippen MR) is 64.2 cm³/mol. The molecule has 0 saturated carbocycles. The maximum absolute atomic E-state index is 10.8. The summed E-state index contributed by atoms with van der Waals surface area (Å²) in [4.78, 5) is 16.7. The first kappa shape index (κ1) is 12.3. The van der Waals surface area contributed by atoms with Crippen molar-refractivity contribution >= 4 is 17.4 Å². The normalized spacial score (nSPS) is 19.3. The molecule has 6 heteroatoms. The van der Waals surface area contributed by atoms with Crippen molar-refractivity contribution in [3.63, 3.8) is 0 Å².